The second kappa shape index (κ2) is 6.33. The maximum atomic E-state index is 11.7. The van der Waals surface area contributed by atoms with Gasteiger partial charge in [-0.3, -0.25) is 9.59 Å². The molecule has 2 fully saturated rings. The van der Waals surface area contributed by atoms with Crippen LogP contribution in [0.1, 0.15) is 25.7 Å². The Balaban J connectivity index is 0.000000220. The molecule has 0 heterocycles. The Labute approximate surface area is 121 Å². The lowest BCUT2D eigenvalue weighted by Gasteiger charge is -2.33. The van der Waals surface area contributed by atoms with E-state index in [0.717, 1.165) is 0 Å². The third kappa shape index (κ3) is 4.77. The molecule has 2 rings (SSSR count). The summed E-state index contributed by atoms with van der Waals surface area (Å²) in [4.78, 5) is 20.2. The number of alkyl halides is 6. The SMILES string of the molecule is O=C(O)C1CC(C(F)(F)F)C1.O=C(O)C1CC(C(F)(F)F)C1. The van der Waals surface area contributed by atoms with E-state index < -0.39 is 48.0 Å². The molecule has 2 saturated carbocycles. The molecule has 0 amide bonds. The normalized spacial score (nSPS) is 31.2. The van der Waals surface area contributed by atoms with E-state index in [1.54, 1.807) is 0 Å². The molecule has 2 aliphatic rings. The van der Waals surface area contributed by atoms with Crippen LogP contribution in [0.25, 0.3) is 0 Å². The minimum Gasteiger partial charge on any atom is -0.481 e. The lowest BCUT2D eigenvalue weighted by molar-refractivity contribution is -0.209. The maximum Gasteiger partial charge on any atom is 0.391 e. The van der Waals surface area contributed by atoms with Gasteiger partial charge in [0.1, 0.15) is 0 Å². The van der Waals surface area contributed by atoms with Crippen molar-refractivity contribution in [2.24, 2.45) is 23.7 Å². The van der Waals surface area contributed by atoms with Crippen molar-refractivity contribution in [1.29, 1.82) is 0 Å². The van der Waals surface area contributed by atoms with Crippen molar-refractivity contribution in [3.05, 3.63) is 0 Å². The zero-order valence-electron chi connectivity index (χ0n) is 11.1. The van der Waals surface area contributed by atoms with Gasteiger partial charge in [-0.25, -0.2) is 0 Å². The molecule has 0 spiro atoms. The maximum absolute atomic E-state index is 11.7. The first kappa shape index (κ1) is 18.6. The van der Waals surface area contributed by atoms with Gasteiger partial charge in [-0.2, -0.15) is 26.3 Å². The first-order valence-electron chi connectivity index (χ1n) is 6.41. The summed E-state index contributed by atoms with van der Waals surface area (Å²) in [5.41, 5.74) is 0. The molecule has 2 N–H and O–H groups in total. The van der Waals surface area contributed by atoms with Gasteiger partial charge in [-0.1, -0.05) is 0 Å². The highest BCUT2D eigenvalue weighted by Gasteiger charge is 2.50. The van der Waals surface area contributed by atoms with Crippen LogP contribution in [0.3, 0.4) is 0 Å². The standard InChI is InChI=1S/2C6H7F3O2/c2*7-6(8,9)4-1-3(2-4)5(10)11/h2*3-4H,1-2H2,(H,10,11). The zero-order chi connectivity index (χ0) is 17.3. The monoisotopic (exact) mass is 336 g/mol. The third-order valence-corrected chi connectivity index (χ3v) is 3.90. The number of rotatable bonds is 2. The molecule has 0 aromatic rings. The van der Waals surface area contributed by atoms with Gasteiger partial charge in [0.05, 0.1) is 23.7 Å². The molecule has 128 valence electrons. The Bertz CT molecular complexity index is 378. The summed E-state index contributed by atoms with van der Waals surface area (Å²) >= 11 is 0. The predicted octanol–water partition coefficient (Wildman–Crippen LogP) is 3.32. The van der Waals surface area contributed by atoms with Gasteiger partial charge in [0.2, 0.25) is 0 Å². The Morgan fingerprint density at radius 1 is 0.682 bits per heavy atom. The molecule has 10 heteroatoms. The smallest absolute Gasteiger partial charge is 0.391 e. The average molecular weight is 336 g/mol. The van der Waals surface area contributed by atoms with Crippen LogP contribution in [-0.4, -0.2) is 34.5 Å². The highest BCUT2D eigenvalue weighted by molar-refractivity contribution is 5.71. The highest BCUT2D eigenvalue weighted by Crippen LogP contribution is 2.45. The van der Waals surface area contributed by atoms with Gasteiger partial charge >= 0.3 is 24.3 Å². The fourth-order valence-electron chi connectivity index (χ4n) is 2.17. The number of carboxylic acid groups (broad SMARTS) is 2. The average Bonchev–Trinajstić information content (AvgIpc) is 2.05. The van der Waals surface area contributed by atoms with Gasteiger partial charge in [0.25, 0.3) is 0 Å². The highest BCUT2D eigenvalue weighted by atomic mass is 19.4. The number of hydrogen-bond acceptors (Lipinski definition) is 2. The Kier molecular flexibility index (Phi) is 5.34. The predicted molar refractivity (Wildman–Crippen MR) is 59.8 cm³/mol. The molecule has 0 saturated heterocycles. The van der Waals surface area contributed by atoms with Crippen molar-refractivity contribution < 1.29 is 46.1 Å². The Morgan fingerprint density at radius 2 is 0.909 bits per heavy atom. The van der Waals surface area contributed by atoms with Crippen molar-refractivity contribution in [3.8, 4) is 0 Å². The second-order valence-corrected chi connectivity index (χ2v) is 5.49. The van der Waals surface area contributed by atoms with E-state index in [4.69, 9.17) is 10.2 Å². The van der Waals surface area contributed by atoms with Crippen LogP contribution in [0.4, 0.5) is 26.3 Å². The third-order valence-electron chi connectivity index (χ3n) is 3.90. The molecule has 0 aromatic heterocycles. The molecule has 0 aromatic carbocycles. The molecule has 22 heavy (non-hydrogen) atoms. The minimum atomic E-state index is -4.20. The summed E-state index contributed by atoms with van der Waals surface area (Å²) in [5, 5.41) is 16.5. The topological polar surface area (TPSA) is 74.6 Å². The zero-order valence-corrected chi connectivity index (χ0v) is 11.1. The first-order valence-corrected chi connectivity index (χ1v) is 6.41. The molecular weight excluding hydrogens is 322 g/mol. The van der Waals surface area contributed by atoms with Crippen LogP contribution in [0.15, 0.2) is 0 Å². The van der Waals surface area contributed by atoms with Gasteiger partial charge < -0.3 is 10.2 Å². The van der Waals surface area contributed by atoms with E-state index in [9.17, 15) is 35.9 Å². The number of carboxylic acids is 2. The summed E-state index contributed by atoms with van der Waals surface area (Å²) < 4.78 is 70.5. The molecule has 2 aliphatic carbocycles. The van der Waals surface area contributed by atoms with E-state index >= 15 is 0 Å². The van der Waals surface area contributed by atoms with Crippen LogP contribution in [0.5, 0.6) is 0 Å². The molecule has 0 atom stereocenters. The second-order valence-electron chi connectivity index (χ2n) is 5.49. The lowest BCUT2D eigenvalue weighted by atomic mass is 9.74. The van der Waals surface area contributed by atoms with Crippen LogP contribution in [0.2, 0.25) is 0 Å². The molecule has 0 bridgehead atoms. The van der Waals surface area contributed by atoms with Gasteiger partial charge in [0, 0.05) is 0 Å². The van der Waals surface area contributed by atoms with E-state index in [2.05, 4.69) is 0 Å². The fourth-order valence-corrected chi connectivity index (χ4v) is 2.17. The van der Waals surface area contributed by atoms with Gasteiger partial charge in [-0.15, -0.1) is 0 Å². The molecular formula is C12H14F6O4. The van der Waals surface area contributed by atoms with Crippen molar-refractivity contribution in [1.82, 2.24) is 0 Å². The summed E-state index contributed by atoms with van der Waals surface area (Å²) in [6.07, 6.45) is -9.41. The fraction of sp³-hybridized carbons (Fsp3) is 0.833. The van der Waals surface area contributed by atoms with Crippen LogP contribution in [-0.2, 0) is 9.59 Å². The number of aliphatic carboxylic acids is 2. The van der Waals surface area contributed by atoms with E-state index in [0.29, 0.717) is 0 Å². The summed E-state index contributed by atoms with van der Waals surface area (Å²) in [7, 11) is 0. The lowest BCUT2D eigenvalue weighted by Crippen LogP contribution is -2.39. The molecule has 0 radical (unpaired) electrons. The number of carbonyl (C=O) groups is 2. The van der Waals surface area contributed by atoms with Crippen molar-refractivity contribution in [3.63, 3.8) is 0 Å². The minimum absolute atomic E-state index is 0.251. The number of halogens is 6. The first-order chi connectivity index (χ1) is 9.82. The largest absolute Gasteiger partial charge is 0.481 e. The van der Waals surface area contributed by atoms with Gasteiger partial charge in [0.15, 0.2) is 0 Å². The van der Waals surface area contributed by atoms with E-state index in [1.807, 2.05) is 0 Å². The molecule has 4 nitrogen and oxygen atoms in total. The Morgan fingerprint density at radius 3 is 1.05 bits per heavy atom. The summed E-state index contributed by atoms with van der Waals surface area (Å²) in [6, 6.07) is 0. The van der Waals surface area contributed by atoms with Crippen molar-refractivity contribution in [2.45, 2.75) is 38.0 Å². The van der Waals surface area contributed by atoms with Crippen LogP contribution < -0.4 is 0 Å². The summed E-state index contributed by atoms with van der Waals surface area (Å²) in [6.45, 7) is 0. The Hall–Kier alpha value is -1.48. The van der Waals surface area contributed by atoms with Crippen molar-refractivity contribution >= 4 is 11.9 Å². The van der Waals surface area contributed by atoms with E-state index in [1.165, 1.54) is 0 Å². The molecule has 0 unspecified atom stereocenters. The van der Waals surface area contributed by atoms with Crippen LogP contribution >= 0.6 is 0 Å². The van der Waals surface area contributed by atoms with Gasteiger partial charge in [-0.05, 0) is 25.7 Å². The summed E-state index contributed by atoms with van der Waals surface area (Å²) in [5.74, 6) is -6.56. The van der Waals surface area contributed by atoms with Crippen LogP contribution in [0, 0.1) is 23.7 Å². The van der Waals surface area contributed by atoms with E-state index in [-0.39, 0.29) is 25.7 Å². The van der Waals surface area contributed by atoms with Crippen molar-refractivity contribution in [2.75, 3.05) is 0 Å². The quantitative estimate of drug-likeness (QED) is 0.759. The number of hydrogen-bond donors (Lipinski definition) is 2. The molecule has 0 aliphatic heterocycles.